The first-order valence-corrected chi connectivity index (χ1v) is 7.98. The van der Waals surface area contributed by atoms with Crippen LogP contribution in [0.5, 0.6) is 5.75 Å². The normalized spacial score (nSPS) is 11.0. The van der Waals surface area contributed by atoms with Crippen LogP contribution in [0.1, 0.15) is 36.6 Å². The molecule has 4 nitrogen and oxygen atoms in total. The number of phenols is 1. The Bertz CT molecular complexity index is 660. The summed E-state index contributed by atoms with van der Waals surface area (Å²) in [6.07, 6.45) is 0. The van der Waals surface area contributed by atoms with Crippen molar-refractivity contribution in [1.29, 1.82) is 0 Å². The Labute approximate surface area is 139 Å². The Kier molecular flexibility index (Phi) is 4.70. The van der Waals surface area contributed by atoms with Crippen molar-refractivity contribution in [2.24, 2.45) is 0 Å². The fraction of sp³-hybridized carbons (Fsp3) is 0.375. The Hall–Kier alpha value is -1.37. The Morgan fingerprint density at radius 3 is 2.19 bits per heavy atom. The van der Waals surface area contributed by atoms with Gasteiger partial charge in [0.05, 0.1) is 9.26 Å². The van der Waals surface area contributed by atoms with Crippen LogP contribution in [-0.2, 0) is 0 Å². The van der Waals surface area contributed by atoms with Crippen molar-refractivity contribution in [3.05, 3.63) is 32.5 Å². The molecule has 0 spiro atoms. The van der Waals surface area contributed by atoms with Gasteiger partial charge in [-0.2, -0.15) is 0 Å². The highest BCUT2D eigenvalue weighted by Crippen LogP contribution is 2.31. The molecule has 1 aromatic carbocycles. The van der Waals surface area contributed by atoms with Crippen LogP contribution in [0.15, 0.2) is 12.1 Å². The van der Waals surface area contributed by atoms with Crippen molar-refractivity contribution in [3.8, 4) is 17.1 Å². The molecule has 2 rings (SSSR count). The summed E-state index contributed by atoms with van der Waals surface area (Å²) >= 11 is 2.28. The second-order valence-corrected chi connectivity index (χ2v) is 6.54. The molecule has 1 heterocycles. The number of aromatic hydroxyl groups is 1. The smallest absolute Gasteiger partial charge is 0.161 e. The Morgan fingerprint density at radius 1 is 1.14 bits per heavy atom. The van der Waals surface area contributed by atoms with Crippen molar-refractivity contribution in [2.45, 2.75) is 33.6 Å². The van der Waals surface area contributed by atoms with E-state index in [1.54, 1.807) is 0 Å². The number of benzene rings is 1. The van der Waals surface area contributed by atoms with Gasteiger partial charge in [-0.15, -0.1) is 0 Å². The summed E-state index contributed by atoms with van der Waals surface area (Å²) in [7, 11) is 1.87. The Balaban J connectivity index is 2.67. The molecule has 0 saturated heterocycles. The van der Waals surface area contributed by atoms with E-state index in [2.05, 4.69) is 46.7 Å². The van der Waals surface area contributed by atoms with Crippen LogP contribution in [0, 0.1) is 17.4 Å². The maximum atomic E-state index is 9.91. The summed E-state index contributed by atoms with van der Waals surface area (Å²) in [5.41, 5.74) is 3.64. The molecule has 0 aliphatic heterocycles. The van der Waals surface area contributed by atoms with Gasteiger partial charge in [0.25, 0.3) is 0 Å². The van der Waals surface area contributed by atoms with Gasteiger partial charge in [-0.25, -0.2) is 9.97 Å². The van der Waals surface area contributed by atoms with E-state index in [0.29, 0.717) is 17.5 Å². The zero-order valence-electron chi connectivity index (χ0n) is 13.0. The number of halogens is 1. The minimum atomic E-state index is 0.324. The third kappa shape index (κ3) is 3.12. The number of nitrogens with zero attached hydrogens (tertiary/aromatic N) is 2. The topological polar surface area (TPSA) is 58.0 Å². The first kappa shape index (κ1) is 16.0. The number of anilines is 1. The first-order valence-electron chi connectivity index (χ1n) is 6.91. The lowest BCUT2D eigenvalue weighted by Gasteiger charge is -2.14. The molecule has 0 aliphatic rings. The van der Waals surface area contributed by atoms with Crippen LogP contribution in [0.3, 0.4) is 0 Å². The van der Waals surface area contributed by atoms with Crippen molar-refractivity contribution in [3.63, 3.8) is 0 Å². The van der Waals surface area contributed by atoms with Crippen molar-refractivity contribution in [1.82, 2.24) is 9.97 Å². The molecule has 21 heavy (non-hydrogen) atoms. The minimum Gasteiger partial charge on any atom is -0.507 e. The predicted molar refractivity (Wildman–Crippen MR) is 95.0 cm³/mol. The molecule has 2 N–H and O–H groups in total. The van der Waals surface area contributed by atoms with E-state index in [0.717, 1.165) is 31.8 Å². The summed E-state index contributed by atoms with van der Waals surface area (Å²) in [4.78, 5) is 9.33. The highest BCUT2D eigenvalue weighted by Gasteiger charge is 2.16. The number of aromatic nitrogens is 2. The molecule has 5 heteroatoms. The number of nitrogens with one attached hydrogen (secondary N) is 1. The van der Waals surface area contributed by atoms with Gasteiger partial charge in [0, 0.05) is 12.6 Å². The highest BCUT2D eigenvalue weighted by molar-refractivity contribution is 14.1. The number of phenolic OH excluding ortho intramolecular Hbond substituents is 1. The second-order valence-electron chi connectivity index (χ2n) is 5.46. The maximum absolute atomic E-state index is 9.91. The Morgan fingerprint density at radius 2 is 1.71 bits per heavy atom. The molecule has 0 fully saturated rings. The summed E-state index contributed by atoms with van der Waals surface area (Å²) in [5, 5.41) is 13.0. The monoisotopic (exact) mass is 397 g/mol. The lowest BCUT2D eigenvalue weighted by atomic mass is 10.0. The molecule has 0 aliphatic carbocycles. The average Bonchev–Trinajstić information content (AvgIpc) is 2.44. The zero-order chi connectivity index (χ0) is 15.7. The van der Waals surface area contributed by atoms with Gasteiger partial charge in [0.2, 0.25) is 0 Å². The molecule has 0 bridgehead atoms. The van der Waals surface area contributed by atoms with Gasteiger partial charge >= 0.3 is 0 Å². The van der Waals surface area contributed by atoms with Crippen LogP contribution in [-0.4, -0.2) is 22.1 Å². The van der Waals surface area contributed by atoms with Gasteiger partial charge in [-0.3, -0.25) is 0 Å². The third-order valence-corrected chi connectivity index (χ3v) is 4.47. The fourth-order valence-corrected chi connectivity index (χ4v) is 3.36. The number of aryl methyl sites for hydroxylation is 2. The summed E-state index contributed by atoms with van der Waals surface area (Å²) < 4.78 is 1.06. The van der Waals surface area contributed by atoms with Crippen LogP contribution in [0.4, 0.5) is 5.82 Å². The molecular weight excluding hydrogens is 377 g/mol. The van der Waals surface area contributed by atoms with E-state index in [-0.39, 0.29) is 0 Å². The van der Waals surface area contributed by atoms with Crippen molar-refractivity contribution in [2.75, 3.05) is 12.4 Å². The van der Waals surface area contributed by atoms with Gasteiger partial charge < -0.3 is 10.4 Å². The molecule has 0 amide bonds. The standard InChI is InChI=1S/C16H20IN3O/c1-8(2)13-12(17)16(18-5)20-15(19-13)11-6-9(3)14(21)10(4)7-11/h6-8,21H,1-5H3,(H,18,19,20). The second kappa shape index (κ2) is 6.17. The minimum absolute atomic E-state index is 0.324. The van der Waals surface area contributed by atoms with Crippen LogP contribution < -0.4 is 5.32 Å². The fourth-order valence-electron chi connectivity index (χ4n) is 2.23. The molecule has 1 aromatic heterocycles. The number of rotatable bonds is 3. The SMILES string of the molecule is CNc1nc(-c2cc(C)c(O)c(C)c2)nc(C(C)C)c1I. The number of hydrogen-bond donors (Lipinski definition) is 2. The van der Waals surface area contributed by atoms with E-state index in [1.165, 1.54) is 0 Å². The summed E-state index contributed by atoms with van der Waals surface area (Å²) in [6, 6.07) is 3.85. The molecule has 112 valence electrons. The molecule has 0 radical (unpaired) electrons. The largest absolute Gasteiger partial charge is 0.507 e. The molecule has 2 aromatic rings. The van der Waals surface area contributed by atoms with Crippen LogP contribution in [0.2, 0.25) is 0 Å². The van der Waals surface area contributed by atoms with Crippen LogP contribution >= 0.6 is 22.6 Å². The van der Waals surface area contributed by atoms with Crippen molar-refractivity contribution >= 4 is 28.4 Å². The van der Waals surface area contributed by atoms with Crippen molar-refractivity contribution < 1.29 is 5.11 Å². The quantitative estimate of drug-likeness (QED) is 0.761. The van der Waals surface area contributed by atoms with Gasteiger partial charge in [0.1, 0.15) is 11.6 Å². The highest BCUT2D eigenvalue weighted by atomic mass is 127. The van der Waals surface area contributed by atoms with E-state index >= 15 is 0 Å². The average molecular weight is 397 g/mol. The lowest BCUT2D eigenvalue weighted by molar-refractivity contribution is 0.467. The molecular formula is C16H20IN3O. The van der Waals surface area contributed by atoms with Gasteiger partial charge in [0.15, 0.2) is 5.82 Å². The van der Waals surface area contributed by atoms with Gasteiger partial charge in [-0.05, 0) is 65.6 Å². The molecule has 0 atom stereocenters. The maximum Gasteiger partial charge on any atom is 0.161 e. The first-order chi connectivity index (χ1) is 9.85. The molecule has 0 saturated carbocycles. The van der Waals surface area contributed by atoms with E-state index in [9.17, 15) is 5.11 Å². The summed E-state index contributed by atoms with van der Waals surface area (Å²) in [6.45, 7) is 8.03. The summed E-state index contributed by atoms with van der Waals surface area (Å²) in [5.74, 6) is 2.19. The lowest BCUT2D eigenvalue weighted by Crippen LogP contribution is -2.06. The van der Waals surface area contributed by atoms with Gasteiger partial charge in [-0.1, -0.05) is 13.8 Å². The predicted octanol–water partition coefficient (Wildman–Crippen LogP) is 4.24. The third-order valence-electron chi connectivity index (χ3n) is 3.41. The molecule has 0 unspecified atom stereocenters. The number of hydrogen-bond acceptors (Lipinski definition) is 4. The van der Waals surface area contributed by atoms with E-state index in [4.69, 9.17) is 4.98 Å². The zero-order valence-corrected chi connectivity index (χ0v) is 15.1. The van der Waals surface area contributed by atoms with E-state index < -0.39 is 0 Å². The van der Waals surface area contributed by atoms with Crippen LogP contribution in [0.25, 0.3) is 11.4 Å². The van der Waals surface area contributed by atoms with E-state index in [1.807, 2.05) is 33.0 Å².